The molecule has 0 saturated carbocycles. The van der Waals surface area contributed by atoms with Crippen LogP contribution in [0.3, 0.4) is 0 Å². The van der Waals surface area contributed by atoms with E-state index in [4.69, 9.17) is 4.74 Å². The van der Waals surface area contributed by atoms with Crippen LogP contribution in [-0.4, -0.2) is 30.1 Å². The summed E-state index contributed by atoms with van der Waals surface area (Å²) >= 11 is 0. The van der Waals surface area contributed by atoms with Crippen LogP contribution >= 0.6 is 0 Å². The molecule has 0 spiro atoms. The van der Waals surface area contributed by atoms with E-state index in [0.29, 0.717) is 12.2 Å². The summed E-state index contributed by atoms with van der Waals surface area (Å²) in [6.45, 7) is 7.61. The minimum atomic E-state index is -0.570. The minimum Gasteiger partial charge on any atom is -0.444 e. The van der Waals surface area contributed by atoms with Crippen LogP contribution in [0.2, 0.25) is 0 Å². The topological polar surface area (TPSA) is 96.5 Å². The number of amides is 3. The van der Waals surface area contributed by atoms with Crippen molar-refractivity contribution in [2.45, 2.75) is 46.3 Å². The normalized spacial score (nSPS) is 11.1. The van der Waals surface area contributed by atoms with Crippen LogP contribution < -0.4 is 16.0 Å². The maximum absolute atomic E-state index is 11.8. The Morgan fingerprint density at radius 3 is 2.54 bits per heavy atom. The molecule has 7 heteroatoms. The Morgan fingerprint density at radius 2 is 1.88 bits per heavy atom. The van der Waals surface area contributed by atoms with Gasteiger partial charge in [-0.25, -0.2) is 4.79 Å². The lowest BCUT2D eigenvalue weighted by Gasteiger charge is -2.19. The number of benzene rings is 1. The number of ether oxygens (including phenoxy) is 1. The summed E-state index contributed by atoms with van der Waals surface area (Å²) in [5, 5.41) is 8.04. The van der Waals surface area contributed by atoms with E-state index < -0.39 is 11.7 Å². The molecule has 0 aliphatic heterocycles. The summed E-state index contributed by atoms with van der Waals surface area (Å²) in [4.78, 5) is 34.9. The molecule has 7 nitrogen and oxygen atoms in total. The standard InChI is InChI=1S/C19H27N3O4/c1-5-7-17(24)22-15-9-6-8-14(12-15)13-21-16(23)10-11-20-18(25)26-19(2,3)4/h5-9,12H,10-11,13H2,1-4H3,(H,20,25)(H,21,23)(H,22,24)/b7-5+. The molecule has 0 bridgehead atoms. The molecule has 0 unspecified atom stereocenters. The average molecular weight is 361 g/mol. The molecule has 142 valence electrons. The molecule has 0 aromatic heterocycles. The zero-order valence-electron chi connectivity index (χ0n) is 15.7. The maximum atomic E-state index is 11.8. The van der Waals surface area contributed by atoms with Gasteiger partial charge in [-0.15, -0.1) is 0 Å². The van der Waals surface area contributed by atoms with Gasteiger partial charge in [0.2, 0.25) is 11.8 Å². The number of carbonyl (C=O) groups is 3. The molecule has 0 radical (unpaired) electrons. The molecule has 0 saturated heterocycles. The third-order valence-electron chi connectivity index (χ3n) is 3.02. The van der Waals surface area contributed by atoms with Crippen molar-refractivity contribution in [1.82, 2.24) is 10.6 Å². The van der Waals surface area contributed by atoms with E-state index in [2.05, 4.69) is 16.0 Å². The molecule has 1 aromatic rings. The molecule has 1 aromatic carbocycles. The van der Waals surface area contributed by atoms with Gasteiger partial charge in [-0.05, 0) is 51.5 Å². The van der Waals surface area contributed by atoms with Crippen molar-refractivity contribution >= 4 is 23.6 Å². The van der Waals surface area contributed by atoms with Crippen molar-refractivity contribution < 1.29 is 19.1 Å². The zero-order valence-corrected chi connectivity index (χ0v) is 15.7. The largest absolute Gasteiger partial charge is 0.444 e. The van der Waals surface area contributed by atoms with Gasteiger partial charge in [-0.3, -0.25) is 9.59 Å². The Morgan fingerprint density at radius 1 is 1.15 bits per heavy atom. The van der Waals surface area contributed by atoms with Crippen molar-refractivity contribution in [3.8, 4) is 0 Å². The number of nitrogens with one attached hydrogen (secondary N) is 3. The van der Waals surface area contributed by atoms with Gasteiger partial charge in [-0.1, -0.05) is 18.2 Å². The van der Waals surface area contributed by atoms with E-state index in [1.54, 1.807) is 52.0 Å². The summed E-state index contributed by atoms with van der Waals surface area (Å²) < 4.78 is 5.09. The predicted octanol–water partition coefficient (Wildman–Crippen LogP) is 2.73. The van der Waals surface area contributed by atoms with E-state index in [-0.39, 0.29) is 24.8 Å². The van der Waals surface area contributed by atoms with E-state index in [1.165, 1.54) is 6.08 Å². The molecule has 0 aliphatic rings. The quantitative estimate of drug-likeness (QED) is 0.651. The summed E-state index contributed by atoms with van der Waals surface area (Å²) in [6.07, 6.45) is 2.70. The van der Waals surface area contributed by atoms with Crippen LogP contribution in [0.25, 0.3) is 0 Å². The summed E-state index contributed by atoms with van der Waals surface area (Å²) in [6, 6.07) is 7.22. The summed E-state index contributed by atoms with van der Waals surface area (Å²) in [5.41, 5.74) is 0.947. The third kappa shape index (κ3) is 9.46. The Kier molecular flexibility index (Phi) is 8.34. The molecular formula is C19H27N3O4. The van der Waals surface area contributed by atoms with Gasteiger partial charge in [0, 0.05) is 25.2 Å². The monoisotopic (exact) mass is 361 g/mol. The van der Waals surface area contributed by atoms with E-state index in [0.717, 1.165) is 5.56 Å². The fourth-order valence-electron chi connectivity index (χ4n) is 1.98. The second-order valence-corrected chi connectivity index (χ2v) is 6.65. The SMILES string of the molecule is C/C=C/C(=O)Nc1cccc(CNC(=O)CCNC(=O)OC(C)(C)C)c1. The second kappa shape index (κ2) is 10.2. The van der Waals surface area contributed by atoms with Gasteiger partial charge in [0.15, 0.2) is 0 Å². The van der Waals surface area contributed by atoms with Crippen LogP contribution in [0, 0.1) is 0 Å². The number of hydrogen-bond donors (Lipinski definition) is 3. The molecule has 0 fully saturated rings. The Balaban J connectivity index is 2.36. The molecule has 0 atom stereocenters. The van der Waals surface area contributed by atoms with Crippen molar-refractivity contribution in [2.75, 3.05) is 11.9 Å². The van der Waals surface area contributed by atoms with E-state index in [9.17, 15) is 14.4 Å². The zero-order chi connectivity index (χ0) is 19.6. The number of alkyl carbamates (subject to hydrolysis) is 1. The van der Waals surface area contributed by atoms with Crippen molar-refractivity contribution in [3.63, 3.8) is 0 Å². The minimum absolute atomic E-state index is 0.150. The highest BCUT2D eigenvalue weighted by Gasteiger charge is 2.15. The molecule has 26 heavy (non-hydrogen) atoms. The number of allylic oxidation sites excluding steroid dienone is 1. The van der Waals surface area contributed by atoms with Crippen molar-refractivity contribution in [1.29, 1.82) is 0 Å². The van der Waals surface area contributed by atoms with Crippen LogP contribution in [0.1, 0.15) is 39.7 Å². The Hall–Kier alpha value is -2.83. The molecular weight excluding hydrogens is 334 g/mol. The Labute approximate surface area is 154 Å². The fraction of sp³-hybridized carbons (Fsp3) is 0.421. The number of anilines is 1. The van der Waals surface area contributed by atoms with Gasteiger partial charge in [0.1, 0.15) is 5.60 Å². The smallest absolute Gasteiger partial charge is 0.407 e. The summed E-state index contributed by atoms with van der Waals surface area (Å²) in [5.74, 6) is -0.397. The molecule has 3 amide bonds. The third-order valence-corrected chi connectivity index (χ3v) is 3.02. The van der Waals surface area contributed by atoms with Gasteiger partial charge >= 0.3 is 6.09 Å². The number of hydrogen-bond acceptors (Lipinski definition) is 4. The van der Waals surface area contributed by atoms with Gasteiger partial charge in [-0.2, -0.15) is 0 Å². The first-order valence-corrected chi connectivity index (χ1v) is 8.46. The molecule has 0 aliphatic carbocycles. The van der Waals surface area contributed by atoms with Gasteiger partial charge < -0.3 is 20.7 Å². The van der Waals surface area contributed by atoms with Gasteiger partial charge in [0.05, 0.1) is 0 Å². The Bertz CT molecular complexity index is 663. The number of rotatable bonds is 7. The fourth-order valence-corrected chi connectivity index (χ4v) is 1.98. The highest BCUT2D eigenvalue weighted by atomic mass is 16.6. The molecule has 1 rings (SSSR count). The maximum Gasteiger partial charge on any atom is 0.407 e. The van der Waals surface area contributed by atoms with Crippen LogP contribution in [0.4, 0.5) is 10.5 Å². The lowest BCUT2D eigenvalue weighted by Crippen LogP contribution is -2.35. The number of carbonyl (C=O) groups excluding carboxylic acids is 3. The first-order valence-electron chi connectivity index (χ1n) is 8.46. The molecule has 3 N–H and O–H groups in total. The van der Waals surface area contributed by atoms with E-state index in [1.807, 2.05) is 6.07 Å². The van der Waals surface area contributed by atoms with E-state index >= 15 is 0 Å². The highest BCUT2D eigenvalue weighted by Crippen LogP contribution is 2.10. The first kappa shape index (κ1) is 21.2. The van der Waals surface area contributed by atoms with Crippen molar-refractivity contribution in [3.05, 3.63) is 42.0 Å². The lowest BCUT2D eigenvalue weighted by atomic mass is 10.2. The highest BCUT2D eigenvalue weighted by molar-refractivity contribution is 5.99. The van der Waals surface area contributed by atoms with Crippen LogP contribution in [0.5, 0.6) is 0 Å². The summed E-state index contributed by atoms with van der Waals surface area (Å²) in [7, 11) is 0. The van der Waals surface area contributed by atoms with Crippen LogP contribution in [-0.2, 0) is 20.9 Å². The average Bonchev–Trinajstić information content (AvgIpc) is 2.52. The predicted molar refractivity (Wildman–Crippen MR) is 101 cm³/mol. The first-order chi connectivity index (χ1) is 12.2. The van der Waals surface area contributed by atoms with Crippen molar-refractivity contribution in [2.24, 2.45) is 0 Å². The lowest BCUT2D eigenvalue weighted by molar-refractivity contribution is -0.121. The van der Waals surface area contributed by atoms with Gasteiger partial charge in [0.25, 0.3) is 0 Å². The molecule has 0 heterocycles. The van der Waals surface area contributed by atoms with Crippen LogP contribution in [0.15, 0.2) is 36.4 Å². The second-order valence-electron chi connectivity index (χ2n) is 6.65.